The van der Waals surface area contributed by atoms with Crippen LogP contribution in [0.5, 0.6) is 0 Å². The van der Waals surface area contributed by atoms with E-state index in [-0.39, 0.29) is 6.04 Å². The van der Waals surface area contributed by atoms with Gasteiger partial charge in [-0.15, -0.1) is 0 Å². The van der Waals surface area contributed by atoms with E-state index in [1.807, 2.05) is 42.5 Å². The minimum absolute atomic E-state index is 0.00255. The second-order valence-corrected chi connectivity index (χ2v) is 7.18. The zero-order chi connectivity index (χ0) is 17.6. The van der Waals surface area contributed by atoms with Gasteiger partial charge in [0, 0.05) is 10.2 Å². The summed E-state index contributed by atoms with van der Waals surface area (Å²) in [5.41, 5.74) is 4.55. The maximum absolute atomic E-state index is 5.54. The van der Waals surface area contributed by atoms with Gasteiger partial charge in [0.1, 0.15) is 0 Å². The Balaban J connectivity index is 1.81. The minimum Gasteiger partial charge on any atom is -0.352 e. The fraction of sp³-hybridized carbons (Fsp3) is 0.0952. The molecule has 4 heteroatoms. The quantitative estimate of drug-likeness (QED) is 0.528. The van der Waals surface area contributed by atoms with Gasteiger partial charge in [-0.3, -0.25) is 0 Å². The number of benzene rings is 3. The number of anilines is 1. The summed E-state index contributed by atoms with van der Waals surface area (Å²) in [5.74, 6) is 0. The summed E-state index contributed by atoms with van der Waals surface area (Å²) >= 11 is 8.98. The number of aryl methyl sites for hydroxylation is 1. The van der Waals surface area contributed by atoms with Crippen LogP contribution in [0.2, 0.25) is 0 Å². The van der Waals surface area contributed by atoms with Crippen molar-refractivity contribution in [3.8, 4) is 0 Å². The van der Waals surface area contributed by atoms with Crippen LogP contribution in [0, 0.1) is 6.92 Å². The summed E-state index contributed by atoms with van der Waals surface area (Å²) in [6, 6.07) is 26.8. The van der Waals surface area contributed by atoms with Crippen molar-refractivity contribution >= 4 is 38.9 Å². The van der Waals surface area contributed by atoms with Crippen molar-refractivity contribution in [2.75, 3.05) is 5.32 Å². The monoisotopic (exact) mass is 410 g/mol. The molecule has 25 heavy (non-hydrogen) atoms. The molecular formula is C21H19BrN2S. The predicted molar refractivity (Wildman–Crippen MR) is 113 cm³/mol. The highest BCUT2D eigenvalue weighted by atomic mass is 79.9. The Hall–Kier alpha value is -2.17. The molecule has 0 aliphatic rings. The smallest absolute Gasteiger partial charge is 0.171 e. The molecule has 3 aromatic carbocycles. The zero-order valence-electron chi connectivity index (χ0n) is 13.9. The highest BCUT2D eigenvalue weighted by molar-refractivity contribution is 9.10. The third-order valence-electron chi connectivity index (χ3n) is 3.92. The van der Waals surface area contributed by atoms with E-state index in [1.165, 1.54) is 16.7 Å². The standard InChI is InChI=1S/C21H19BrN2S/c1-15-7-9-17(10-8-15)20(16-5-3-2-4-6-16)24-21(25)23-19-13-11-18(22)12-14-19/h2-14,20H,1H3,(H2,23,24,25)/t20-/m1/s1. The molecule has 0 saturated carbocycles. The van der Waals surface area contributed by atoms with E-state index in [9.17, 15) is 0 Å². The summed E-state index contributed by atoms with van der Waals surface area (Å²) in [5, 5.41) is 7.28. The number of halogens is 1. The molecule has 0 aromatic heterocycles. The van der Waals surface area contributed by atoms with Crippen LogP contribution < -0.4 is 10.6 Å². The van der Waals surface area contributed by atoms with Crippen LogP contribution in [-0.4, -0.2) is 5.11 Å². The Morgan fingerprint density at radius 1 is 0.840 bits per heavy atom. The molecule has 0 aliphatic heterocycles. The lowest BCUT2D eigenvalue weighted by atomic mass is 9.98. The van der Waals surface area contributed by atoms with Crippen LogP contribution in [0.15, 0.2) is 83.3 Å². The third kappa shape index (κ3) is 4.91. The molecule has 3 rings (SSSR count). The number of nitrogens with one attached hydrogen (secondary N) is 2. The lowest BCUT2D eigenvalue weighted by Gasteiger charge is -2.22. The molecule has 0 saturated heterocycles. The van der Waals surface area contributed by atoms with Crippen LogP contribution in [0.1, 0.15) is 22.7 Å². The number of hydrogen-bond donors (Lipinski definition) is 2. The van der Waals surface area contributed by atoms with Crippen molar-refractivity contribution in [2.45, 2.75) is 13.0 Å². The van der Waals surface area contributed by atoms with Crippen LogP contribution in [0.4, 0.5) is 5.69 Å². The van der Waals surface area contributed by atoms with E-state index in [2.05, 4.69) is 69.9 Å². The lowest BCUT2D eigenvalue weighted by Crippen LogP contribution is -2.33. The summed E-state index contributed by atoms with van der Waals surface area (Å²) in [6.45, 7) is 2.09. The molecule has 2 nitrogen and oxygen atoms in total. The lowest BCUT2D eigenvalue weighted by molar-refractivity contribution is 0.768. The highest BCUT2D eigenvalue weighted by Gasteiger charge is 2.15. The maximum Gasteiger partial charge on any atom is 0.171 e. The van der Waals surface area contributed by atoms with Crippen molar-refractivity contribution in [1.82, 2.24) is 5.32 Å². The van der Waals surface area contributed by atoms with Gasteiger partial charge in [-0.1, -0.05) is 76.1 Å². The molecule has 3 aromatic rings. The van der Waals surface area contributed by atoms with Crippen molar-refractivity contribution in [2.24, 2.45) is 0 Å². The molecule has 1 atom stereocenters. The van der Waals surface area contributed by atoms with Gasteiger partial charge in [-0.05, 0) is 54.5 Å². The van der Waals surface area contributed by atoms with Crippen LogP contribution in [0.3, 0.4) is 0 Å². The van der Waals surface area contributed by atoms with E-state index in [1.54, 1.807) is 0 Å². The van der Waals surface area contributed by atoms with E-state index >= 15 is 0 Å². The number of hydrogen-bond acceptors (Lipinski definition) is 1. The molecule has 0 bridgehead atoms. The topological polar surface area (TPSA) is 24.1 Å². The van der Waals surface area contributed by atoms with E-state index in [0.717, 1.165) is 10.2 Å². The summed E-state index contributed by atoms with van der Waals surface area (Å²) in [6.07, 6.45) is 0. The average molecular weight is 411 g/mol. The Morgan fingerprint density at radius 2 is 1.44 bits per heavy atom. The Kier molecular flexibility index (Phi) is 5.84. The summed E-state index contributed by atoms with van der Waals surface area (Å²) in [7, 11) is 0. The van der Waals surface area contributed by atoms with E-state index in [0.29, 0.717) is 5.11 Å². The molecule has 0 radical (unpaired) electrons. The third-order valence-corrected chi connectivity index (χ3v) is 4.67. The van der Waals surface area contributed by atoms with Crippen LogP contribution in [-0.2, 0) is 0 Å². The van der Waals surface area contributed by atoms with E-state index < -0.39 is 0 Å². The zero-order valence-corrected chi connectivity index (χ0v) is 16.3. The van der Waals surface area contributed by atoms with Gasteiger partial charge >= 0.3 is 0 Å². The Labute approximate surface area is 162 Å². The van der Waals surface area contributed by atoms with Gasteiger partial charge in [-0.2, -0.15) is 0 Å². The molecule has 0 amide bonds. The minimum atomic E-state index is -0.00255. The van der Waals surface area contributed by atoms with Crippen LogP contribution >= 0.6 is 28.1 Å². The molecule has 2 N–H and O–H groups in total. The second kappa shape index (κ2) is 8.28. The number of rotatable bonds is 4. The molecule has 0 unspecified atom stereocenters. The van der Waals surface area contributed by atoms with Gasteiger partial charge in [0.2, 0.25) is 0 Å². The van der Waals surface area contributed by atoms with Gasteiger partial charge < -0.3 is 10.6 Å². The van der Waals surface area contributed by atoms with Gasteiger partial charge in [0.15, 0.2) is 5.11 Å². The van der Waals surface area contributed by atoms with E-state index in [4.69, 9.17) is 12.2 Å². The maximum atomic E-state index is 5.54. The van der Waals surface area contributed by atoms with Crippen molar-refractivity contribution in [1.29, 1.82) is 0 Å². The first kappa shape index (κ1) is 17.6. The van der Waals surface area contributed by atoms with Gasteiger partial charge in [0.25, 0.3) is 0 Å². The highest BCUT2D eigenvalue weighted by Crippen LogP contribution is 2.23. The SMILES string of the molecule is Cc1ccc([C@H](NC(=S)Nc2ccc(Br)cc2)c2ccccc2)cc1. The fourth-order valence-electron chi connectivity index (χ4n) is 2.60. The van der Waals surface area contributed by atoms with Crippen molar-refractivity contribution < 1.29 is 0 Å². The second-order valence-electron chi connectivity index (χ2n) is 5.86. The molecular weight excluding hydrogens is 392 g/mol. The first-order chi connectivity index (χ1) is 12.1. The predicted octanol–water partition coefficient (Wildman–Crippen LogP) is 5.83. The summed E-state index contributed by atoms with van der Waals surface area (Å²) < 4.78 is 1.04. The number of thiocarbonyl (C=S) groups is 1. The fourth-order valence-corrected chi connectivity index (χ4v) is 3.10. The largest absolute Gasteiger partial charge is 0.352 e. The van der Waals surface area contributed by atoms with Gasteiger partial charge in [0.05, 0.1) is 6.04 Å². The van der Waals surface area contributed by atoms with Crippen molar-refractivity contribution in [3.05, 3.63) is 100 Å². The summed E-state index contributed by atoms with van der Waals surface area (Å²) in [4.78, 5) is 0. The first-order valence-corrected chi connectivity index (χ1v) is 9.26. The van der Waals surface area contributed by atoms with Crippen molar-refractivity contribution in [3.63, 3.8) is 0 Å². The Bertz CT molecular complexity index is 830. The molecule has 0 aliphatic carbocycles. The Morgan fingerprint density at radius 3 is 2.08 bits per heavy atom. The molecule has 0 fully saturated rings. The molecule has 126 valence electrons. The normalized spacial score (nSPS) is 11.6. The van der Waals surface area contributed by atoms with Crippen LogP contribution in [0.25, 0.3) is 0 Å². The first-order valence-electron chi connectivity index (χ1n) is 8.06. The van der Waals surface area contributed by atoms with Gasteiger partial charge in [-0.25, -0.2) is 0 Å². The molecule has 0 spiro atoms. The average Bonchev–Trinajstić information content (AvgIpc) is 2.63. The molecule has 0 heterocycles.